The van der Waals surface area contributed by atoms with Gasteiger partial charge in [-0.2, -0.15) is 0 Å². The molecule has 1 aromatic rings. The summed E-state index contributed by atoms with van der Waals surface area (Å²) in [6, 6.07) is 0. The normalized spacial score (nSPS) is 15.5. The molecule has 15 heavy (non-hydrogen) atoms. The minimum Gasteiger partial charge on any atom is -0.475 e. The number of aromatic nitrogens is 2. The van der Waals surface area contributed by atoms with Crippen LogP contribution in [0.15, 0.2) is 0 Å². The van der Waals surface area contributed by atoms with Crippen LogP contribution in [0, 0.1) is 6.92 Å². The van der Waals surface area contributed by atoms with Gasteiger partial charge in [-0.25, -0.2) is 14.8 Å². The van der Waals surface area contributed by atoms with E-state index in [4.69, 9.17) is 5.11 Å². The van der Waals surface area contributed by atoms with Gasteiger partial charge in [0.25, 0.3) is 0 Å². The summed E-state index contributed by atoms with van der Waals surface area (Å²) >= 11 is 0. The maximum absolute atomic E-state index is 10.8. The van der Waals surface area contributed by atoms with Crippen LogP contribution >= 0.6 is 0 Å². The highest BCUT2D eigenvalue weighted by Crippen LogP contribution is 2.21. The Balaban J connectivity index is 2.48. The molecule has 1 aliphatic carbocycles. The molecule has 2 rings (SSSR count). The van der Waals surface area contributed by atoms with Crippen molar-refractivity contribution >= 4 is 5.97 Å². The Labute approximate surface area is 88.4 Å². The lowest BCUT2D eigenvalue weighted by atomic mass is 10.1. The maximum Gasteiger partial charge on any atom is 0.373 e. The number of hydrogen-bond acceptors (Lipinski definition) is 3. The summed E-state index contributed by atoms with van der Waals surface area (Å²) in [6.45, 7) is 1.87. The first-order chi connectivity index (χ1) is 7.18. The number of carboxylic acids is 1. The average Bonchev–Trinajstić information content (AvgIpc) is 2.42. The zero-order chi connectivity index (χ0) is 10.8. The summed E-state index contributed by atoms with van der Waals surface area (Å²) < 4.78 is 0. The van der Waals surface area contributed by atoms with Gasteiger partial charge in [-0.3, -0.25) is 0 Å². The van der Waals surface area contributed by atoms with Crippen LogP contribution in [0.3, 0.4) is 0 Å². The first-order valence-corrected chi connectivity index (χ1v) is 5.28. The molecule has 0 radical (unpaired) electrons. The molecule has 0 saturated carbocycles. The van der Waals surface area contributed by atoms with E-state index >= 15 is 0 Å². The predicted octanol–water partition coefficient (Wildman–Crippen LogP) is 1.75. The number of rotatable bonds is 1. The molecular formula is C11H14N2O2. The third-order valence-corrected chi connectivity index (χ3v) is 2.83. The van der Waals surface area contributed by atoms with Crippen LogP contribution < -0.4 is 0 Å². The van der Waals surface area contributed by atoms with Crippen molar-refractivity contribution in [2.45, 2.75) is 39.0 Å². The van der Waals surface area contributed by atoms with Crippen molar-refractivity contribution in [3.05, 3.63) is 22.8 Å². The van der Waals surface area contributed by atoms with Crippen LogP contribution in [0.25, 0.3) is 0 Å². The second-order valence-corrected chi connectivity index (χ2v) is 3.92. The van der Waals surface area contributed by atoms with Gasteiger partial charge in [-0.1, -0.05) is 6.42 Å². The number of aromatic carboxylic acids is 1. The number of aryl methyl sites for hydroxylation is 2. The second kappa shape index (κ2) is 3.96. The fourth-order valence-electron chi connectivity index (χ4n) is 2.05. The first kappa shape index (κ1) is 10.1. The van der Waals surface area contributed by atoms with Gasteiger partial charge >= 0.3 is 5.97 Å². The van der Waals surface area contributed by atoms with Crippen LogP contribution in [-0.2, 0) is 12.8 Å². The Kier molecular flexibility index (Phi) is 2.66. The van der Waals surface area contributed by atoms with Crippen molar-refractivity contribution in [3.63, 3.8) is 0 Å². The van der Waals surface area contributed by atoms with Crippen molar-refractivity contribution in [1.82, 2.24) is 9.97 Å². The minimum absolute atomic E-state index is 0.0619. The van der Waals surface area contributed by atoms with E-state index in [-0.39, 0.29) is 5.82 Å². The van der Waals surface area contributed by atoms with Crippen LogP contribution in [0.5, 0.6) is 0 Å². The molecule has 0 aromatic carbocycles. The number of fused-ring (bicyclic) bond motifs is 1. The van der Waals surface area contributed by atoms with Gasteiger partial charge in [0.1, 0.15) is 0 Å². The van der Waals surface area contributed by atoms with Gasteiger partial charge in [-0.15, -0.1) is 0 Å². The Morgan fingerprint density at radius 3 is 2.67 bits per heavy atom. The Hall–Kier alpha value is -1.45. The molecule has 0 amide bonds. The number of carbonyl (C=O) groups is 1. The average molecular weight is 206 g/mol. The third kappa shape index (κ3) is 1.98. The molecule has 0 saturated heterocycles. The van der Waals surface area contributed by atoms with Gasteiger partial charge in [0.05, 0.1) is 0 Å². The summed E-state index contributed by atoms with van der Waals surface area (Å²) in [4.78, 5) is 18.9. The molecule has 0 aliphatic heterocycles. The van der Waals surface area contributed by atoms with E-state index in [1.165, 1.54) is 6.42 Å². The van der Waals surface area contributed by atoms with Crippen molar-refractivity contribution in [3.8, 4) is 0 Å². The molecule has 1 aliphatic rings. The molecule has 4 heteroatoms. The van der Waals surface area contributed by atoms with Crippen molar-refractivity contribution in [1.29, 1.82) is 0 Å². The van der Waals surface area contributed by atoms with Gasteiger partial charge in [0.2, 0.25) is 5.82 Å². The molecule has 80 valence electrons. The SMILES string of the molecule is Cc1nc(C(=O)O)nc2c1CCCCC2. The summed E-state index contributed by atoms with van der Waals surface area (Å²) in [5.41, 5.74) is 2.94. The minimum atomic E-state index is -1.04. The van der Waals surface area contributed by atoms with E-state index < -0.39 is 5.97 Å². The predicted molar refractivity (Wildman–Crippen MR) is 55.0 cm³/mol. The molecule has 4 nitrogen and oxygen atoms in total. The standard InChI is InChI=1S/C11H14N2O2/c1-7-8-5-3-2-4-6-9(8)13-10(12-7)11(14)15/h2-6H2,1H3,(H,14,15). The number of carboxylic acid groups (broad SMARTS) is 1. The molecule has 1 heterocycles. The Morgan fingerprint density at radius 1 is 1.20 bits per heavy atom. The lowest BCUT2D eigenvalue weighted by molar-refractivity contribution is 0.0682. The van der Waals surface area contributed by atoms with Crippen LogP contribution in [0.1, 0.15) is 46.8 Å². The largest absolute Gasteiger partial charge is 0.475 e. The van der Waals surface area contributed by atoms with E-state index in [1.807, 2.05) is 6.92 Å². The van der Waals surface area contributed by atoms with Gasteiger partial charge in [0.15, 0.2) is 0 Å². The third-order valence-electron chi connectivity index (χ3n) is 2.83. The van der Waals surface area contributed by atoms with Crippen LogP contribution in [0.2, 0.25) is 0 Å². The Morgan fingerprint density at radius 2 is 1.93 bits per heavy atom. The smallest absolute Gasteiger partial charge is 0.373 e. The zero-order valence-electron chi connectivity index (χ0n) is 8.79. The van der Waals surface area contributed by atoms with Gasteiger partial charge in [-0.05, 0) is 38.2 Å². The summed E-state index contributed by atoms with van der Waals surface area (Å²) in [6.07, 6.45) is 5.32. The first-order valence-electron chi connectivity index (χ1n) is 5.28. The fraction of sp³-hybridized carbons (Fsp3) is 0.545. The van der Waals surface area contributed by atoms with E-state index in [2.05, 4.69) is 9.97 Å². The molecule has 0 fully saturated rings. The molecule has 1 aromatic heterocycles. The van der Waals surface area contributed by atoms with E-state index in [9.17, 15) is 4.79 Å². The maximum atomic E-state index is 10.8. The van der Waals surface area contributed by atoms with Crippen molar-refractivity contribution in [2.24, 2.45) is 0 Å². The van der Waals surface area contributed by atoms with Gasteiger partial charge in [0, 0.05) is 11.4 Å². The fourth-order valence-corrected chi connectivity index (χ4v) is 2.05. The van der Waals surface area contributed by atoms with Crippen LogP contribution in [0.4, 0.5) is 0 Å². The summed E-state index contributed by atoms with van der Waals surface area (Å²) in [7, 11) is 0. The van der Waals surface area contributed by atoms with Crippen molar-refractivity contribution < 1.29 is 9.90 Å². The van der Waals surface area contributed by atoms with Crippen LogP contribution in [-0.4, -0.2) is 21.0 Å². The van der Waals surface area contributed by atoms with Gasteiger partial charge < -0.3 is 5.11 Å². The molecule has 0 bridgehead atoms. The lowest BCUT2D eigenvalue weighted by Crippen LogP contribution is -2.11. The van der Waals surface area contributed by atoms with E-state index in [0.29, 0.717) is 0 Å². The quantitative estimate of drug-likeness (QED) is 0.711. The molecule has 1 N–H and O–H groups in total. The Bertz CT molecular complexity index is 402. The summed E-state index contributed by atoms with van der Waals surface area (Å²) in [5.74, 6) is -1.10. The highest BCUT2D eigenvalue weighted by Gasteiger charge is 2.16. The monoisotopic (exact) mass is 206 g/mol. The number of nitrogens with zero attached hydrogens (tertiary/aromatic N) is 2. The summed E-state index contributed by atoms with van der Waals surface area (Å²) in [5, 5.41) is 8.86. The molecular weight excluding hydrogens is 192 g/mol. The van der Waals surface area contributed by atoms with E-state index in [0.717, 1.165) is 42.6 Å². The second-order valence-electron chi connectivity index (χ2n) is 3.92. The highest BCUT2D eigenvalue weighted by molar-refractivity contribution is 5.83. The molecule has 0 unspecified atom stereocenters. The number of hydrogen-bond donors (Lipinski definition) is 1. The topological polar surface area (TPSA) is 63.1 Å². The highest BCUT2D eigenvalue weighted by atomic mass is 16.4. The zero-order valence-corrected chi connectivity index (χ0v) is 8.79. The van der Waals surface area contributed by atoms with Crippen molar-refractivity contribution in [2.75, 3.05) is 0 Å². The van der Waals surface area contributed by atoms with E-state index in [1.54, 1.807) is 0 Å². The molecule has 0 atom stereocenters. The lowest BCUT2D eigenvalue weighted by Gasteiger charge is -2.08. The molecule has 0 spiro atoms.